The van der Waals surface area contributed by atoms with E-state index in [0.717, 1.165) is 0 Å². The lowest BCUT2D eigenvalue weighted by molar-refractivity contribution is 0.145. The van der Waals surface area contributed by atoms with Gasteiger partial charge in [0.05, 0.1) is 17.3 Å². The summed E-state index contributed by atoms with van der Waals surface area (Å²) in [5, 5.41) is 8.48. The molecular weight excluding hydrogens is 296 g/mol. The maximum absolute atomic E-state index is 12.8. The van der Waals surface area contributed by atoms with Crippen molar-refractivity contribution in [1.82, 2.24) is 4.98 Å². The molecule has 2 nitrogen and oxygen atoms in total. The number of pyridine rings is 1. The van der Waals surface area contributed by atoms with Crippen LogP contribution in [0.5, 0.6) is 0 Å². The van der Waals surface area contributed by atoms with Crippen LogP contribution in [-0.4, -0.2) is 4.98 Å². The monoisotopic (exact) mass is 298 g/mol. The van der Waals surface area contributed by atoms with Crippen LogP contribution >= 0.6 is 22.6 Å². The molecule has 13 heavy (non-hydrogen) atoms. The molecule has 1 rings (SSSR count). The predicted molar refractivity (Wildman–Crippen MR) is 46.6 cm³/mol. The van der Waals surface area contributed by atoms with E-state index < -0.39 is 23.4 Å². The number of halogens is 4. The number of nitriles is 1. The lowest BCUT2D eigenvalue weighted by Gasteiger charge is -2.04. The minimum absolute atomic E-state index is 0.0804. The highest BCUT2D eigenvalue weighted by Crippen LogP contribution is 2.27. The molecule has 1 aromatic heterocycles. The van der Waals surface area contributed by atoms with Crippen LogP contribution in [0.25, 0.3) is 0 Å². The van der Waals surface area contributed by atoms with Gasteiger partial charge in [0.2, 0.25) is 0 Å². The van der Waals surface area contributed by atoms with E-state index in [1.807, 2.05) is 0 Å². The van der Waals surface area contributed by atoms with Gasteiger partial charge in [-0.2, -0.15) is 5.26 Å². The number of nitrogens with zero attached hydrogens (tertiary/aromatic N) is 2. The highest BCUT2D eigenvalue weighted by molar-refractivity contribution is 14.1. The topological polar surface area (TPSA) is 36.7 Å². The third-order valence-electron chi connectivity index (χ3n) is 1.35. The van der Waals surface area contributed by atoms with Gasteiger partial charge in [-0.25, -0.2) is 18.2 Å². The number of aromatic nitrogens is 1. The zero-order valence-corrected chi connectivity index (χ0v) is 8.22. The molecule has 1 aromatic rings. The summed E-state index contributed by atoms with van der Waals surface area (Å²) in [7, 11) is 0. The highest BCUT2D eigenvalue weighted by atomic mass is 127. The summed E-state index contributed by atoms with van der Waals surface area (Å²) in [5.41, 5.74) is -1.27. The lowest BCUT2D eigenvalue weighted by Crippen LogP contribution is -2.00. The largest absolute Gasteiger partial charge is 0.268 e. The smallest absolute Gasteiger partial charge is 0.246 e. The second-order valence-electron chi connectivity index (χ2n) is 2.10. The standard InChI is InChI=1S/C7H2F3IN2/c8-4-2-13-7(11)3(1-12)5(4)6(9)10/h2,6H. The van der Waals surface area contributed by atoms with Crippen LogP contribution in [0, 0.1) is 20.8 Å². The summed E-state index contributed by atoms with van der Waals surface area (Å²) >= 11 is 1.60. The Bertz CT molecular complexity index is 373. The van der Waals surface area contributed by atoms with Gasteiger partial charge in [0, 0.05) is 0 Å². The van der Waals surface area contributed by atoms with Crippen molar-refractivity contribution >= 4 is 22.6 Å². The second-order valence-corrected chi connectivity index (χ2v) is 3.12. The van der Waals surface area contributed by atoms with Gasteiger partial charge in [-0.05, 0) is 22.6 Å². The van der Waals surface area contributed by atoms with Gasteiger partial charge in [0.1, 0.15) is 9.77 Å². The average molecular weight is 298 g/mol. The zero-order chi connectivity index (χ0) is 10.0. The second kappa shape index (κ2) is 3.91. The molecule has 0 N–H and O–H groups in total. The first kappa shape index (κ1) is 10.2. The van der Waals surface area contributed by atoms with Crippen molar-refractivity contribution in [2.75, 3.05) is 0 Å². The average Bonchev–Trinajstić information content (AvgIpc) is 2.07. The van der Waals surface area contributed by atoms with Crippen molar-refractivity contribution in [3.8, 4) is 6.07 Å². The van der Waals surface area contributed by atoms with E-state index in [4.69, 9.17) is 5.26 Å². The molecule has 68 valence electrons. The first-order valence-corrected chi connectivity index (χ1v) is 4.18. The van der Waals surface area contributed by atoms with E-state index in [9.17, 15) is 13.2 Å². The summed E-state index contributed by atoms with van der Waals surface area (Å²) in [6.07, 6.45) is -2.31. The van der Waals surface area contributed by atoms with Gasteiger partial charge in [-0.1, -0.05) is 0 Å². The number of rotatable bonds is 1. The fraction of sp³-hybridized carbons (Fsp3) is 0.143. The fourth-order valence-corrected chi connectivity index (χ4v) is 1.35. The van der Waals surface area contributed by atoms with E-state index in [1.165, 1.54) is 6.07 Å². The summed E-state index contributed by atoms with van der Waals surface area (Å²) in [5.74, 6) is -1.15. The maximum atomic E-state index is 12.8. The maximum Gasteiger partial charge on any atom is 0.268 e. The quantitative estimate of drug-likeness (QED) is 0.590. The van der Waals surface area contributed by atoms with Crippen LogP contribution in [0.1, 0.15) is 17.6 Å². The molecule has 0 aromatic carbocycles. The molecule has 0 bridgehead atoms. The van der Waals surface area contributed by atoms with Crippen molar-refractivity contribution < 1.29 is 13.2 Å². The van der Waals surface area contributed by atoms with Crippen molar-refractivity contribution in [3.63, 3.8) is 0 Å². The van der Waals surface area contributed by atoms with E-state index >= 15 is 0 Å². The molecule has 0 saturated heterocycles. The molecule has 0 spiro atoms. The molecule has 0 radical (unpaired) electrons. The van der Waals surface area contributed by atoms with Crippen LogP contribution in [0.15, 0.2) is 6.20 Å². The van der Waals surface area contributed by atoms with Crippen molar-refractivity contribution in [1.29, 1.82) is 5.26 Å². The third kappa shape index (κ3) is 1.91. The van der Waals surface area contributed by atoms with Crippen molar-refractivity contribution in [2.24, 2.45) is 0 Å². The third-order valence-corrected chi connectivity index (χ3v) is 2.17. The first-order valence-electron chi connectivity index (χ1n) is 3.10. The SMILES string of the molecule is N#Cc1c(I)ncc(F)c1C(F)F. The summed E-state index contributed by atoms with van der Waals surface area (Å²) < 4.78 is 37.3. The minimum Gasteiger partial charge on any atom is -0.246 e. The molecule has 6 heteroatoms. The Hall–Kier alpha value is -0.840. The Morgan fingerprint density at radius 2 is 2.15 bits per heavy atom. The van der Waals surface area contributed by atoms with Crippen LogP contribution in [0.3, 0.4) is 0 Å². The molecule has 1 heterocycles. The van der Waals surface area contributed by atoms with E-state index in [2.05, 4.69) is 4.98 Å². The molecule has 0 aliphatic heterocycles. The summed E-state index contributed by atoms with van der Waals surface area (Å²) in [6, 6.07) is 1.50. The minimum atomic E-state index is -2.99. The summed E-state index contributed by atoms with van der Waals surface area (Å²) in [6.45, 7) is 0. The van der Waals surface area contributed by atoms with Crippen LogP contribution in [0.2, 0.25) is 0 Å². The Morgan fingerprint density at radius 1 is 1.54 bits per heavy atom. The number of hydrogen-bond donors (Lipinski definition) is 0. The fourth-order valence-electron chi connectivity index (χ4n) is 0.798. The summed E-state index contributed by atoms with van der Waals surface area (Å²) in [4.78, 5) is 3.45. The Balaban J connectivity index is 3.46. The first-order chi connectivity index (χ1) is 6.07. The van der Waals surface area contributed by atoms with E-state index in [-0.39, 0.29) is 3.70 Å². The van der Waals surface area contributed by atoms with Crippen LogP contribution in [0.4, 0.5) is 13.2 Å². The zero-order valence-electron chi connectivity index (χ0n) is 6.06. The molecule has 0 aliphatic rings. The molecule has 0 atom stereocenters. The molecule has 0 aliphatic carbocycles. The highest BCUT2D eigenvalue weighted by Gasteiger charge is 2.21. The van der Waals surface area contributed by atoms with Gasteiger partial charge < -0.3 is 0 Å². The number of alkyl halides is 2. The van der Waals surface area contributed by atoms with Crippen molar-refractivity contribution in [3.05, 3.63) is 26.8 Å². The molecule has 0 fully saturated rings. The normalized spacial score (nSPS) is 10.2. The van der Waals surface area contributed by atoms with Gasteiger partial charge in [-0.15, -0.1) is 0 Å². The Morgan fingerprint density at radius 3 is 2.54 bits per heavy atom. The van der Waals surface area contributed by atoms with Gasteiger partial charge in [0.15, 0.2) is 5.82 Å². The van der Waals surface area contributed by atoms with Crippen LogP contribution in [-0.2, 0) is 0 Å². The lowest BCUT2D eigenvalue weighted by atomic mass is 10.1. The number of hydrogen-bond acceptors (Lipinski definition) is 2. The van der Waals surface area contributed by atoms with Crippen LogP contribution < -0.4 is 0 Å². The Kier molecular flexibility index (Phi) is 3.08. The predicted octanol–water partition coefficient (Wildman–Crippen LogP) is 2.63. The van der Waals surface area contributed by atoms with E-state index in [1.54, 1.807) is 22.6 Å². The molecule has 0 amide bonds. The Labute approximate surface area is 85.5 Å². The van der Waals surface area contributed by atoms with Gasteiger partial charge >= 0.3 is 0 Å². The van der Waals surface area contributed by atoms with E-state index in [0.29, 0.717) is 6.20 Å². The van der Waals surface area contributed by atoms with Crippen molar-refractivity contribution in [2.45, 2.75) is 6.43 Å². The van der Waals surface area contributed by atoms with Gasteiger partial charge in [0.25, 0.3) is 6.43 Å². The van der Waals surface area contributed by atoms with Gasteiger partial charge in [-0.3, -0.25) is 0 Å². The molecule has 0 saturated carbocycles. The molecule has 0 unspecified atom stereocenters. The molecular formula is C7H2F3IN2.